The van der Waals surface area contributed by atoms with Gasteiger partial charge in [-0.05, 0) is 12.8 Å². The fourth-order valence-electron chi connectivity index (χ4n) is 1.43. The van der Waals surface area contributed by atoms with Gasteiger partial charge in [-0.2, -0.15) is 0 Å². The van der Waals surface area contributed by atoms with Gasteiger partial charge < -0.3 is 9.66 Å². The van der Waals surface area contributed by atoms with Crippen molar-refractivity contribution in [3.05, 3.63) is 0 Å². The first-order valence-electron chi connectivity index (χ1n) is 4.05. The Morgan fingerprint density at radius 3 is 2.00 bits per heavy atom. The molecule has 0 radical (unpaired) electrons. The van der Waals surface area contributed by atoms with E-state index >= 15 is 0 Å². The van der Waals surface area contributed by atoms with E-state index in [0.29, 0.717) is 0 Å². The third-order valence-electron chi connectivity index (χ3n) is 2.30. The number of hydrogen-bond donors (Lipinski definition) is 1. The third kappa shape index (κ3) is 4.68. The van der Waals surface area contributed by atoms with E-state index in [1.165, 1.54) is 0 Å². The quantitative estimate of drug-likeness (QED) is 0.399. The summed E-state index contributed by atoms with van der Waals surface area (Å²) in [4.78, 5) is 0. The summed E-state index contributed by atoms with van der Waals surface area (Å²) in [6, 6.07) is 0. The molecule has 1 aliphatic heterocycles. The normalized spacial score (nSPS) is 24.1. The Balaban J connectivity index is 0.00000196. The SMILES string of the molecule is O=S1(=O)CCC(C(O)S(=O)(=O)[O-])CC1.[Na+]. The Bertz CT molecular complexity index is 385. The monoisotopic (exact) mass is 266 g/mol. The topological polar surface area (TPSA) is 112 Å². The van der Waals surface area contributed by atoms with Crippen LogP contribution in [0.15, 0.2) is 0 Å². The molecule has 15 heavy (non-hydrogen) atoms. The van der Waals surface area contributed by atoms with Crippen molar-refractivity contribution in [2.24, 2.45) is 5.92 Å². The summed E-state index contributed by atoms with van der Waals surface area (Å²) in [6.07, 6.45) is 0.0654. The van der Waals surface area contributed by atoms with Gasteiger partial charge in [-0.15, -0.1) is 0 Å². The van der Waals surface area contributed by atoms with Gasteiger partial charge in [0.05, 0.1) is 11.5 Å². The largest absolute Gasteiger partial charge is 1.00 e. The van der Waals surface area contributed by atoms with Crippen molar-refractivity contribution in [3.63, 3.8) is 0 Å². The molecule has 0 aliphatic carbocycles. The molecular formula is C6H11NaO6S2. The molecule has 1 rings (SSSR count). The maximum atomic E-state index is 11.0. The molecule has 6 nitrogen and oxygen atoms in total. The van der Waals surface area contributed by atoms with Crippen LogP contribution < -0.4 is 29.6 Å². The maximum absolute atomic E-state index is 11.0. The summed E-state index contributed by atoms with van der Waals surface area (Å²) in [5.74, 6) is -1.07. The van der Waals surface area contributed by atoms with Crippen molar-refractivity contribution < 1.29 is 56.1 Å². The molecule has 0 spiro atoms. The van der Waals surface area contributed by atoms with Crippen LogP contribution in [0.1, 0.15) is 12.8 Å². The number of hydrogen-bond acceptors (Lipinski definition) is 6. The van der Waals surface area contributed by atoms with Crippen LogP contribution in [0, 0.1) is 5.92 Å². The fourth-order valence-corrected chi connectivity index (χ4v) is 3.70. The van der Waals surface area contributed by atoms with Crippen LogP contribution >= 0.6 is 0 Å². The molecule has 0 amide bonds. The number of sulfone groups is 1. The molecule has 0 bridgehead atoms. The van der Waals surface area contributed by atoms with Crippen molar-refractivity contribution in [1.82, 2.24) is 0 Å². The Hall–Kier alpha value is 0.820. The molecule has 1 unspecified atom stereocenters. The molecular weight excluding hydrogens is 255 g/mol. The summed E-state index contributed by atoms with van der Waals surface area (Å²) in [5, 5.41) is 9.09. The van der Waals surface area contributed by atoms with E-state index in [2.05, 4.69) is 0 Å². The van der Waals surface area contributed by atoms with Gasteiger partial charge >= 0.3 is 29.6 Å². The van der Waals surface area contributed by atoms with Gasteiger partial charge in [0.15, 0.2) is 0 Å². The first-order valence-corrected chi connectivity index (χ1v) is 7.35. The maximum Gasteiger partial charge on any atom is 1.00 e. The van der Waals surface area contributed by atoms with Crippen molar-refractivity contribution >= 4 is 20.0 Å². The molecule has 1 atom stereocenters. The molecule has 1 aliphatic rings. The third-order valence-corrected chi connectivity index (χ3v) is 4.99. The average molecular weight is 266 g/mol. The molecule has 1 saturated heterocycles. The number of aliphatic hydroxyl groups is 1. The summed E-state index contributed by atoms with van der Waals surface area (Å²) in [6.45, 7) is 0. The van der Waals surface area contributed by atoms with Gasteiger partial charge in [0, 0.05) is 5.92 Å². The minimum absolute atomic E-state index is 0. The second kappa shape index (κ2) is 5.44. The van der Waals surface area contributed by atoms with Crippen molar-refractivity contribution in [2.45, 2.75) is 18.3 Å². The number of aliphatic hydroxyl groups excluding tert-OH is 1. The predicted molar refractivity (Wildman–Crippen MR) is 47.1 cm³/mol. The van der Waals surface area contributed by atoms with Crippen LogP contribution in [0.25, 0.3) is 0 Å². The molecule has 0 aromatic rings. The summed E-state index contributed by atoms with van der Waals surface area (Å²) in [7, 11) is -7.83. The minimum atomic E-state index is -4.73. The van der Waals surface area contributed by atoms with Gasteiger partial charge in [-0.1, -0.05) is 0 Å². The van der Waals surface area contributed by atoms with Gasteiger partial charge in [-0.3, -0.25) is 0 Å². The van der Waals surface area contributed by atoms with Crippen LogP contribution in [-0.2, 0) is 20.0 Å². The van der Waals surface area contributed by atoms with Crippen LogP contribution in [0.3, 0.4) is 0 Å². The molecule has 84 valence electrons. The molecule has 0 saturated carbocycles. The van der Waals surface area contributed by atoms with Gasteiger partial charge in [0.2, 0.25) is 0 Å². The van der Waals surface area contributed by atoms with Crippen LogP contribution in [0.5, 0.6) is 0 Å². The summed E-state index contributed by atoms with van der Waals surface area (Å²) >= 11 is 0. The standard InChI is InChI=1S/C6H12O6S2.Na/c7-6(14(10,11)12)5-1-3-13(8,9)4-2-5;/h5-7H,1-4H2,(H,10,11,12);/q;+1/p-1. The zero-order valence-electron chi connectivity index (χ0n) is 8.29. The molecule has 1 N–H and O–H groups in total. The van der Waals surface area contributed by atoms with Gasteiger partial charge in [-0.25, -0.2) is 16.8 Å². The predicted octanol–water partition coefficient (Wildman–Crippen LogP) is -4.32. The second-order valence-corrected chi connectivity index (χ2v) is 7.14. The molecule has 0 aromatic heterocycles. The Morgan fingerprint density at radius 2 is 1.67 bits per heavy atom. The first kappa shape index (κ1) is 15.8. The molecule has 1 fully saturated rings. The molecule has 9 heteroatoms. The zero-order valence-corrected chi connectivity index (χ0v) is 11.9. The average Bonchev–Trinajstić information content (AvgIpc) is 2.01. The van der Waals surface area contributed by atoms with E-state index in [9.17, 15) is 21.4 Å². The van der Waals surface area contributed by atoms with E-state index in [1.807, 2.05) is 0 Å². The summed E-state index contributed by atoms with van der Waals surface area (Å²) in [5.41, 5.74) is -1.97. The molecule has 0 aromatic carbocycles. The Kier molecular flexibility index (Phi) is 5.73. The first-order chi connectivity index (χ1) is 6.22. The summed E-state index contributed by atoms with van der Waals surface area (Å²) < 4.78 is 53.2. The minimum Gasteiger partial charge on any atom is -0.746 e. The van der Waals surface area contributed by atoms with Crippen LogP contribution in [0.2, 0.25) is 0 Å². The Labute approximate surface area is 111 Å². The van der Waals surface area contributed by atoms with Crippen molar-refractivity contribution in [2.75, 3.05) is 11.5 Å². The van der Waals surface area contributed by atoms with E-state index in [1.54, 1.807) is 0 Å². The van der Waals surface area contributed by atoms with Crippen molar-refractivity contribution in [3.8, 4) is 0 Å². The molecule has 1 heterocycles. The zero-order chi connectivity index (χ0) is 11.0. The van der Waals surface area contributed by atoms with E-state index < -0.39 is 31.3 Å². The smallest absolute Gasteiger partial charge is 0.746 e. The number of rotatable bonds is 2. The van der Waals surface area contributed by atoms with Crippen LogP contribution in [0.4, 0.5) is 0 Å². The Morgan fingerprint density at radius 1 is 1.27 bits per heavy atom. The van der Waals surface area contributed by atoms with E-state index in [4.69, 9.17) is 5.11 Å². The van der Waals surface area contributed by atoms with E-state index in [0.717, 1.165) is 0 Å². The van der Waals surface area contributed by atoms with Crippen molar-refractivity contribution in [1.29, 1.82) is 0 Å². The van der Waals surface area contributed by atoms with Crippen LogP contribution in [-0.4, -0.2) is 43.4 Å². The second-order valence-electron chi connectivity index (χ2n) is 3.37. The van der Waals surface area contributed by atoms with Gasteiger partial charge in [0.1, 0.15) is 25.4 Å². The van der Waals surface area contributed by atoms with Gasteiger partial charge in [0.25, 0.3) is 0 Å². The fraction of sp³-hybridized carbons (Fsp3) is 1.00. The van der Waals surface area contributed by atoms with E-state index in [-0.39, 0.29) is 53.9 Å².